The quantitative estimate of drug-likeness (QED) is 0.508. The van der Waals surface area contributed by atoms with Gasteiger partial charge < -0.3 is 5.11 Å². The molecule has 0 aromatic carbocycles. The lowest BCUT2D eigenvalue weighted by atomic mass is 10.2. The van der Waals surface area contributed by atoms with Crippen molar-refractivity contribution in [3.05, 3.63) is 0 Å². The molecule has 1 heterocycles. The Bertz CT molecular complexity index is 79.1. The van der Waals surface area contributed by atoms with Crippen LogP contribution in [0.25, 0.3) is 0 Å². The fourth-order valence-electron chi connectivity index (χ4n) is 1.04. The molecule has 0 aromatic rings. The van der Waals surface area contributed by atoms with Crippen molar-refractivity contribution in [2.75, 3.05) is 13.1 Å². The van der Waals surface area contributed by atoms with Gasteiger partial charge in [-0.1, -0.05) is 0 Å². The van der Waals surface area contributed by atoms with E-state index in [1.165, 1.54) is 0 Å². The molecule has 9 heavy (non-hydrogen) atoms. The highest BCUT2D eigenvalue weighted by atomic mass is 127. The zero-order chi connectivity index (χ0) is 6.69. The van der Waals surface area contributed by atoms with Gasteiger partial charge in [0.15, 0.2) is 0 Å². The number of rotatable bonds is 0. The molecule has 1 N–H and O–H groups in total. The third-order valence-corrected chi connectivity index (χ3v) is 2.61. The fourth-order valence-corrected chi connectivity index (χ4v) is 1.66. The number of halogens is 1. The molecule has 0 saturated carbocycles. The summed E-state index contributed by atoms with van der Waals surface area (Å²) < 4.78 is 2.24. The van der Waals surface area contributed by atoms with E-state index < -0.39 is 0 Å². The van der Waals surface area contributed by atoms with Gasteiger partial charge in [-0.15, -0.1) is 0 Å². The van der Waals surface area contributed by atoms with Gasteiger partial charge >= 0.3 is 0 Å². The molecule has 1 fully saturated rings. The summed E-state index contributed by atoms with van der Waals surface area (Å²) in [5.74, 6) is 0. The maximum Gasteiger partial charge on any atom is 0.0553 e. The Morgan fingerprint density at radius 1 is 1.33 bits per heavy atom. The first-order chi connectivity index (χ1) is 4.29. The molecule has 1 aliphatic heterocycles. The van der Waals surface area contributed by atoms with Crippen LogP contribution in [0.4, 0.5) is 0 Å². The fraction of sp³-hybridized carbons (Fsp3) is 1.00. The van der Waals surface area contributed by atoms with Gasteiger partial charge in [0.25, 0.3) is 0 Å². The van der Waals surface area contributed by atoms with Crippen LogP contribution in [-0.2, 0) is 0 Å². The zero-order valence-corrected chi connectivity index (χ0v) is 7.54. The Morgan fingerprint density at radius 3 is 2.89 bits per heavy atom. The van der Waals surface area contributed by atoms with Gasteiger partial charge in [0.2, 0.25) is 0 Å². The van der Waals surface area contributed by atoms with E-state index in [1.54, 1.807) is 0 Å². The second-order valence-electron chi connectivity index (χ2n) is 2.49. The van der Waals surface area contributed by atoms with E-state index in [-0.39, 0.29) is 6.10 Å². The maximum absolute atomic E-state index is 9.18. The molecule has 0 aromatic heterocycles. The zero-order valence-electron chi connectivity index (χ0n) is 5.39. The molecule has 3 heteroatoms. The van der Waals surface area contributed by atoms with E-state index in [2.05, 4.69) is 26.0 Å². The van der Waals surface area contributed by atoms with Gasteiger partial charge in [0.05, 0.1) is 6.10 Å². The first-order valence-electron chi connectivity index (χ1n) is 3.38. The third kappa shape index (κ3) is 2.82. The Kier molecular flexibility index (Phi) is 3.21. The summed E-state index contributed by atoms with van der Waals surface area (Å²) >= 11 is 2.31. The van der Waals surface area contributed by atoms with Crippen LogP contribution < -0.4 is 0 Å². The van der Waals surface area contributed by atoms with E-state index in [4.69, 9.17) is 0 Å². The van der Waals surface area contributed by atoms with Crippen LogP contribution >= 0.6 is 22.9 Å². The molecule has 0 aliphatic carbocycles. The van der Waals surface area contributed by atoms with Gasteiger partial charge in [-0.2, -0.15) is 0 Å². The van der Waals surface area contributed by atoms with Crippen molar-refractivity contribution < 1.29 is 5.11 Å². The molecule has 54 valence electrons. The van der Waals surface area contributed by atoms with Crippen LogP contribution in [0, 0.1) is 0 Å². The van der Waals surface area contributed by atoms with Crippen LogP contribution in [0.2, 0.25) is 0 Å². The Hall–Kier alpha value is 0.650. The summed E-state index contributed by atoms with van der Waals surface area (Å²) in [6.07, 6.45) is 3.04. The Balaban J connectivity index is 2.25. The average Bonchev–Trinajstić information content (AvgIpc) is 1.97. The monoisotopic (exact) mass is 241 g/mol. The van der Waals surface area contributed by atoms with Crippen LogP contribution in [0.3, 0.4) is 0 Å². The van der Waals surface area contributed by atoms with Crippen LogP contribution in [0.15, 0.2) is 0 Å². The van der Waals surface area contributed by atoms with Crippen molar-refractivity contribution in [1.82, 2.24) is 3.11 Å². The van der Waals surface area contributed by atoms with Crippen molar-refractivity contribution in [3.8, 4) is 0 Å². The molecular formula is C6H12INO. The standard InChI is InChI=1S/C6H12INO/c7-8-4-1-2-6(9)3-5-8/h6,9H,1-5H2. The number of hydrogen-bond donors (Lipinski definition) is 1. The second kappa shape index (κ2) is 3.73. The van der Waals surface area contributed by atoms with Crippen LogP contribution in [-0.4, -0.2) is 27.4 Å². The van der Waals surface area contributed by atoms with Gasteiger partial charge in [0, 0.05) is 36.0 Å². The summed E-state index contributed by atoms with van der Waals surface area (Å²) in [5, 5.41) is 9.18. The highest BCUT2D eigenvalue weighted by Crippen LogP contribution is 2.13. The van der Waals surface area contributed by atoms with Crippen molar-refractivity contribution in [3.63, 3.8) is 0 Å². The lowest BCUT2D eigenvalue weighted by Gasteiger charge is -2.08. The SMILES string of the molecule is OC1CCCN(I)CC1. The summed E-state index contributed by atoms with van der Waals surface area (Å²) in [6, 6.07) is 0. The van der Waals surface area contributed by atoms with E-state index in [9.17, 15) is 5.11 Å². The Morgan fingerprint density at radius 2 is 2.11 bits per heavy atom. The molecule has 1 saturated heterocycles. The molecular weight excluding hydrogens is 229 g/mol. The summed E-state index contributed by atoms with van der Waals surface area (Å²) in [4.78, 5) is 0. The molecule has 1 atom stereocenters. The summed E-state index contributed by atoms with van der Waals surface area (Å²) in [6.45, 7) is 2.18. The molecule has 2 nitrogen and oxygen atoms in total. The normalized spacial score (nSPS) is 32.0. The van der Waals surface area contributed by atoms with Crippen molar-refractivity contribution >= 4 is 22.9 Å². The van der Waals surface area contributed by atoms with Gasteiger partial charge in [-0.3, -0.25) is 0 Å². The first-order valence-corrected chi connectivity index (χ1v) is 4.34. The number of nitrogens with zero attached hydrogens (tertiary/aromatic N) is 1. The van der Waals surface area contributed by atoms with Crippen LogP contribution in [0.5, 0.6) is 0 Å². The van der Waals surface area contributed by atoms with Crippen LogP contribution in [0.1, 0.15) is 19.3 Å². The number of aliphatic hydroxyl groups excluding tert-OH is 1. The lowest BCUT2D eigenvalue weighted by Crippen LogP contribution is -2.12. The van der Waals surface area contributed by atoms with E-state index in [0.717, 1.165) is 32.4 Å². The smallest absolute Gasteiger partial charge is 0.0553 e. The van der Waals surface area contributed by atoms with Gasteiger partial charge in [0.1, 0.15) is 0 Å². The second-order valence-corrected chi connectivity index (χ2v) is 3.86. The van der Waals surface area contributed by atoms with E-state index in [1.807, 2.05) is 0 Å². The first kappa shape index (κ1) is 7.75. The molecule has 1 unspecified atom stereocenters. The Labute approximate surface area is 69.7 Å². The number of hydrogen-bond acceptors (Lipinski definition) is 2. The van der Waals surface area contributed by atoms with Crippen molar-refractivity contribution in [1.29, 1.82) is 0 Å². The largest absolute Gasteiger partial charge is 0.393 e. The molecule has 0 amide bonds. The minimum Gasteiger partial charge on any atom is -0.393 e. The van der Waals surface area contributed by atoms with Crippen molar-refractivity contribution in [2.45, 2.75) is 25.4 Å². The molecule has 1 aliphatic rings. The highest BCUT2D eigenvalue weighted by Gasteiger charge is 2.11. The summed E-state index contributed by atoms with van der Waals surface area (Å²) in [5.41, 5.74) is 0. The molecule has 0 spiro atoms. The van der Waals surface area contributed by atoms with Gasteiger partial charge in [-0.25, -0.2) is 3.11 Å². The highest BCUT2D eigenvalue weighted by molar-refractivity contribution is 14.1. The lowest BCUT2D eigenvalue weighted by molar-refractivity contribution is 0.160. The minimum absolute atomic E-state index is 0.0373. The average molecular weight is 241 g/mol. The maximum atomic E-state index is 9.18. The molecule has 1 rings (SSSR count). The van der Waals surface area contributed by atoms with Gasteiger partial charge in [-0.05, 0) is 19.3 Å². The topological polar surface area (TPSA) is 23.5 Å². The predicted molar refractivity (Wildman–Crippen MR) is 45.5 cm³/mol. The minimum atomic E-state index is -0.0373. The molecule has 0 radical (unpaired) electrons. The van der Waals surface area contributed by atoms with E-state index in [0.29, 0.717) is 0 Å². The number of aliphatic hydroxyl groups is 1. The van der Waals surface area contributed by atoms with E-state index >= 15 is 0 Å². The predicted octanol–water partition coefficient (Wildman–Crippen LogP) is 1.18. The third-order valence-electron chi connectivity index (χ3n) is 1.64. The molecule has 0 bridgehead atoms. The summed E-state index contributed by atoms with van der Waals surface area (Å²) in [7, 11) is 0. The van der Waals surface area contributed by atoms with Crippen molar-refractivity contribution in [2.24, 2.45) is 0 Å².